The number of carbonyl (C=O) groups excluding carboxylic acids is 2. The van der Waals surface area contributed by atoms with Crippen molar-refractivity contribution in [3.05, 3.63) is 48.0 Å². The number of hydrogen-bond donors (Lipinski definition) is 2. The summed E-state index contributed by atoms with van der Waals surface area (Å²) in [5, 5.41) is 0. The van der Waals surface area contributed by atoms with Crippen molar-refractivity contribution in [3.8, 4) is 11.1 Å². The number of nitrogens with two attached hydrogens (primary N) is 2. The third kappa shape index (κ3) is 3.55. The molecule has 2 atom stereocenters. The number of carbonyl (C=O) groups is 2. The van der Waals surface area contributed by atoms with Gasteiger partial charge in [-0.2, -0.15) is 0 Å². The fourth-order valence-electron chi connectivity index (χ4n) is 3.49. The molecule has 2 aromatic rings. The van der Waals surface area contributed by atoms with Crippen LogP contribution in [0.4, 0.5) is 29.7 Å². The summed E-state index contributed by atoms with van der Waals surface area (Å²) in [7, 11) is 0. The summed E-state index contributed by atoms with van der Waals surface area (Å²) in [4.78, 5) is 26.4. The lowest BCUT2D eigenvalue weighted by molar-refractivity contribution is 0.144. The zero-order valence-electron chi connectivity index (χ0n) is 15.9. The number of amides is 2. The summed E-state index contributed by atoms with van der Waals surface area (Å²) in [6.07, 6.45) is -2.13. The van der Waals surface area contributed by atoms with Gasteiger partial charge >= 0.3 is 12.2 Å². The molecule has 4 rings (SSSR count). The third-order valence-electron chi connectivity index (χ3n) is 5.09. The second-order valence-electron chi connectivity index (χ2n) is 7.03. The first-order valence-electron chi connectivity index (χ1n) is 9.37. The van der Waals surface area contributed by atoms with Gasteiger partial charge in [0.25, 0.3) is 0 Å². The monoisotopic (exact) mass is 418 g/mol. The van der Waals surface area contributed by atoms with Crippen LogP contribution in [0.2, 0.25) is 0 Å². The van der Waals surface area contributed by atoms with E-state index in [4.69, 9.17) is 20.9 Å². The highest BCUT2D eigenvalue weighted by molar-refractivity contribution is 5.91. The molecule has 0 aliphatic carbocycles. The Hall–Kier alpha value is -3.24. The highest BCUT2D eigenvalue weighted by Crippen LogP contribution is 2.33. The van der Waals surface area contributed by atoms with Crippen LogP contribution in [0.15, 0.2) is 36.4 Å². The van der Waals surface area contributed by atoms with E-state index >= 15 is 0 Å². The van der Waals surface area contributed by atoms with E-state index in [1.807, 2.05) is 0 Å². The van der Waals surface area contributed by atoms with Crippen molar-refractivity contribution in [1.29, 1.82) is 0 Å². The molecule has 0 bridgehead atoms. The van der Waals surface area contributed by atoms with Gasteiger partial charge in [0.05, 0.1) is 24.5 Å². The van der Waals surface area contributed by atoms with Crippen LogP contribution in [-0.4, -0.2) is 50.6 Å². The Morgan fingerprint density at radius 3 is 1.50 bits per heavy atom. The molecule has 0 saturated carbocycles. The topological polar surface area (TPSA) is 111 Å². The molecule has 0 radical (unpaired) electrons. The predicted molar refractivity (Wildman–Crippen MR) is 105 cm³/mol. The van der Waals surface area contributed by atoms with Crippen LogP contribution >= 0.6 is 0 Å². The lowest BCUT2D eigenvalue weighted by atomic mass is 10.0. The maximum Gasteiger partial charge on any atom is 0.414 e. The van der Waals surface area contributed by atoms with E-state index in [9.17, 15) is 18.4 Å². The fourth-order valence-corrected chi connectivity index (χ4v) is 3.49. The molecular weight excluding hydrogens is 398 g/mol. The minimum absolute atomic E-state index is 0.0228. The van der Waals surface area contributed by atoms with Gasteiger partial charge in [-0.1, -0.05) is 0 Å². The van der Waals surface area contributed by atoms with Crippen molar-refractivity contribution in [2.24, 2.45) is 11.5 Å². The molecule has 2 amide bonds. The highest BCUT2D eigenvalue weighted by atomic mass is 19.1. The van der Waals surface area contributed by atoms with E-state index in [0.717, 1.165) is 12.1 Å². The van der Waals surface area contributed by atoms with Crippen molar-refractivity contribution in [1.82, 2.24) is 0 Å². The SMILES string of the molecule is NC[C@H]1CN(c2ccc(-c3ccc(N4C[C@H](CN)OC4=O)cc3F)c(F)c2)C(=O)O1. The number of cyclic esters (lactones) is 2. The van der Waals surface area contributed by atoms with E-state index in [-0.39, 0.29) is 37.3 Å². The summed E-state index contributed by atoms with van der Waals surface area (Å²) in [5.74, 6) is -1.40. The van der Waals surface area contributed by atoms with Crippen molar-refractivity contribution >= 4 is 23.6 Å². The Kier molecular flexibility index (Phi) is 5.27. The maximum absolute atomic E-state index is 14.8. The highest BCUT2D eigenvalue weighted by Gasteiger charge is 2.33. The number of ether oxygens (including phenoxy) is 2. The van der Waals surface area contributed by atoms with Gasteiger partial charge in [0.15, 0.2) is 0 Å². The molecule has 2 aliphatic heterocycles. The van der Waals surface area contributed by atoms with Crippen LogP contribution in [-0.2, 0) is 9.47 Å². The molecular formula is C20H20F2N4O4. The van der Waals surface area contributed by atoms with Gasteiger partial charge < -0.3 is 20.9 Å². The number of benzene rings is 2. The van der Waals surface area contributed by atoms with Gasteiger partial charge in [-0.25, -0.2) is 18.4 Å². The molecule has 10 heteroatoms. The van der Waals surface area contributed by atoms with Crippen molar-refractivity contribution < 1.29 is 27.8 Å². The number of rotatable bonds is 5. The molecule has 158 valence electrons. The lowest BCUT2D eigenvalue weighted by Crippen LogP contribution is -2.27. The molecule has 2 fully saturated rings. The number of anilines is 2. The van der Waals surface area contributed by atoms with Crippen molar-refractivity contribution in [2.75, 3.05) is 36.0 Å². The Morgan fingerprint density at radius 1 is 0.800 bits per heavy atom. The van der Waals surface area contributed by atoms with Crippen LogP contribution < -0.4 is 21.3 Å². The van der Waals surface area contributed by atoms with Crippen LogP contribution in [0.5, 0.6) is 0 Å². The second-order valence-corrected chi connectivity index (χ2v) is 7.03. The van der Waals surface area contributed by atoms with Crippen LogP contribution in [0.25, 0.3) is 11.1 Å². The molecule has 2 heterocycles. The third-order valence-corrected chi connectivity index (χ3v) is 5.09. The Balaban J connectivity index is 1.59. The molecule has 2 saturated heterocycles. The first-order valence-corrected chi connectivity index (χ1v) is 9.37. The summed E-state index contributed by atoms with van der Waals surface area (Å²) in [6, 6.07) is 8.09. The Morgan fingerprint density at radius 2 is 1.20 bits per heavy atom. The quantitative estimate of drug-likeness (QED) is 0.770. The Bertz CT molecular complexity index is 923. The van der Waals surface area contributed by atoms with E-state index in [2.05, 4.69) is 0 Å². The second kappa shape index (κ2) is 7.88. The lowest BCUT2D eigenvalue weighted by Gasteiger charge is -2.16. The maximum atomic E-state index is 14.8. The average Bonchev–Trinajstić information content (AvgIpc) is 3.30. The molecule has 8 nitrogen and oxygen atoms in total. The summed E-state index contributed by atoms with van der Waals surface area (Å²) < 4.78 is 39.7. The first-order chi connectivity index (χ1) is 14.4. The molecule has 30 heavy (non-hydrogen) atoms. The zero-order chi connectivity index (χ0) is 21.4. The molecule has 0 spiro atoms. The molecule has 4 N–H and O–H groups in total. The van der Waals surface area contributed by atoms with E-state index in [1.54, 1.807) is 0 Å². The number of nitrogens with zero attached hydrogens (tertiary/aromatic N) is 2. The molecule has 2 aromatic carbocycles. The van der Waals surface area contributed by atoms with Crippen molar-refractivity contribution in [2.45, 2.75) is 12.2 Å². The van der Waals surface area contributed by atoms with Gasteiger partial charge in [-0.15, -0.1) is 0 Å². The van der Waals surface area contributed by atoms with Gasteiger partial charge in [0, 0.05) is 24.2 Å². The zero-order valence-corrected chi connectivity index (χ0v) is 15.9. The molecule has 2 aliphatic rings. The van der Waals surface area contributed by atoms with Gasteiger partial charge in [0.1, 0.15) is 23.8 Å². The van der Waals surface area contributed by atoms with E-state index < -0.39 is 36.0 Å². The van der Waals surface area contributed by atoms with E-state index in [0.29, 0.717) is 11.4 Å². The van der Waals surface area contributed by atoms with E-state index in [1.165, 1.54) is 34.1 Å². The largest absolute Gasteiger partial charge is 0.443 e. The van der Waals surface area contributed by atoms with Crippen LogP contribution in [0.1, 0.15) is 0 Å². The van der Waals surface area contributed by atoms with Crippen LogP contribution in [0, 0.1) is 11.6 Å². The van der Waals surface area contributed by atoms with Gasteiger partial charge in [0.2, 0.25) is 0 Å². The normalized spacial score (nSPS) is 21.2. The fraction of sp³-hybridized carbons (Fsp3) is 0.300. The minimum atomic E-state index is -0.702. The minimum Gasteiger partial charge on any atom is -0.443 e. The molecule has 0 aromatic heterocycles. The summed E-state index contributed by atoms with van der Waals surface area (Å²) >= 11 is 0. The standard InChI is InChI=1S/C20H20F2N4O4/c21-17-5-11(25-9-13(7-23)29-19(25)27)1-3-15(17)16-4-2-12(6-18(16)22)26-10-14(8-24)30-20(26)28/h1-6,13-14H,7-10,23-24H2/t13-,14-/m0/s1. The molecule has 0 unspecified atom stereocenters. The number of halogens is 2. The first kappa shape index (κ1) is 20.0. The number of hydrogen-bond acceptors (Lipinski definition) is 6. The smallest absolute Gasteiger partial charge is 0.414 e. The Labute approximate surface area is 170 Å². The summed E-state index contributed by atoms with van der Waals surface area (Å²) in [6.45, 7) is 0.758. The predicted octanol–water partition coefficient (Wildman–Crippen LogP) is 2.20. The average molecular weight is 418 g/mol. The van der Waals surface area contributed by atoms with Crippen molar-refractivity contribution in [3.63, 3.8) is 0 Å². The van der Waals surface area contributed by atoms with Gasteiger partial charge in [-0.3, -0.25) is 9.80 Å². The van der Waals surface area contributed by atoms with Crippen LogP contribution in [0.3, 0.4) is 0 Å². The van der Waals surface area contributed by atoms with Gasteiger partial charge in [-0.05, 0) is 36.4 Å². The summed E-state index contributed by atoms with van der Waals surface area (Å²) in [5.41, 5.74) is 11.6.